The summed E-state index contributed by atoms with van der Waals surface area (Å²) in [5.41, 5.74) is -2.24. The molecule has 0 amide bonds. The second kappa shape index (κ2) is 6.31. The van der Waals surface area contributed by atoms with Crippen molar-refractivity contribution in [3.63, 3.8) is 0 Å². The molecule has 118 valence electrons. The number of hydrogen-bond acceptors (Lipinski definition) is 7. The first kappa shape index (κ1) is 17.2. The molecule has 9 heteroatoms. The fourth-order valence-electron chi connectivity index (χ4n) is 2.41. The second-order valence-electron chi connectivity index (χ2n) is 5.25. The Hall–Kier alpha value is -0.810. The van der Waals surface area contributed by atoms with Crippen molar-refractivity contribution in [2.75, 3.05) is 13.2 Å². The van der Waals surface area contributed by atoms with Gasteiger partial charge in [-0.15, -0.1) is 0 Å². The molecule has 20 heavy (non-hydrogen) atoms. The molecule has 0 radical (unpaired) electrons. The number of ether oxygens (including phenoxy) is 1. The number of rotatable bonds is 6. The Balaban J connectivity index is 3.13. The number of quaternary nitrogens is 1. The highest BCUT2D eigenvalue weighted by molar-refractivity contribution is 5.72. The Labute approximate surface area is 115 Å². The van der Waals surface area contributed by atoms with Crippen LogP contribution in [0, 0.1) is 11.1 Å². The lowest BCUT2D eigenvalue weighted by Crippen LogP contribution is -3.23. The van der Waals surface area contributed by atoms with E-state index in [1.807, 2.05) is 0 Å². The van der Waals surface area contributed by atoms with Crippen LogP contribution in [-0.2, 0) is 9.53 Å². The largest absolute Gasteiger partial charge is 0.631 e. The SMILES string of the molecule is CC(C)[C@@H](C(=O)O)[NH+]([O-])[C@@]1(CO)O[C@H](CO)[C@@H](O)[C@@H]1O. The van der Waals surface area contributed by atoms with Gasteiger partial charge in [-0.2, -0.15) is 0 Å². The Bertz CT molecular complexity index is 351. The van der Waals surface area contributed by atoms with Gasteiger partial charge in [0.2, 0.25) is 0 Å². The minimum atomic E-state index is -2.24. The molecular formula is C11H21NO8. The molecule has 1 unspecified atom stereocenters. The number of hydrogen-bond donors (Lipinski definition) is 6. The molecular weight excluding hydrogens is 274 g/mol. The molecule has 1 aliphatic rings. The fraction of sp³-hybridized carbons (Fsp3) is 0.909. The third kappa shape index (κ3) is 2.66. The van der Waals surface area contributed by atoms with E-state index < -0.39 is 60.2 Å². The van der Waals surface area contributed by atoms with E-state index in [0.717, 1.165) is 0 Å². The highest BCUT2D eigenvalue weighted by atomic mass is 16.6. The van der Waals surface area contributed by atoms with E-state index >= 15 is 0 Å². The maximum Gasteiger partial charge on any atom is 0.363 e. The summed E-state index contributed by atoms with van der Waals surface area (Å²) in [6.07, 6.45) is -4.65. The van der Waals surface area contributed by atoms with Gasteiger partial charge >= 0.3 is 5.97 Å². The number of carbonyl (C=O) groups is 1. The molecule has 1 saturated heterocycles. The normalized spacial score (nSPS) is 37.1. The summed E-state index contributed by atoms with van der Waals surface area (Å²) >= 11 is 0. The van der Waals surface area contributed by atoms with Crippen molar-refractivity contribution < 1.29 is 40.1 Å². The third-order valence-electron chi connectivity index (χ3n) is 3.59. The van der Waals surface area contributed by atoms with Crippen molar-refractivity contribution in [2.45, 2.75) is 43.9 Å². The van der Waals surface area contributed by atoms with Crippen LogP contribution in [0.2, 0.25) is 0 Å². The van der Waals surface area contributed by atoms with Crippen LogP contribution in [-0.4, -0.2) is 74.8 Å². The zero-order valence-corrected chi connectivity index (χ0v) is 11.3. The van der Waals surface area contributed by atoms with Crippen molar-refractivity contribution in [1.29, 1.82) is 0 Å². The molecule has 1 heterocycles. The van der Waals surface area contributed by atoms with Crippen molar-refractivity contribution in [1.82, 2.24) is 0 Å². The Morgan fingerprint density at radius 1 is 1.40 bits per heavy atom. The summed E-state index contributed by atoms with van der Waals surface area (Å²) in [7, 11) is 0. The van der Waals surface area contributed by atoms with Crippen molar-refractivity contribution in [3.8, 4) is 0 Å². The first-order valence-electron chi connectivity index (χ1n) is 6.25. The molecule has 6 atom stereocenters. The average molecular weight is 295 g/mol. The predicted molar refractivity (Wildman–Crippen MR) is 64.4 cm³/mol. The maximum absolute atomic E-state index is 12.4. The van der Waals surface area contributed by atoms with Crippen LogP contribution >= 0.6 is 0 Å². The van der Waals surface area contributed by atoms with Gasteiger partial charge in [0.1, 0.15) is 18.8 Å². The standard InChI is InChI=1S/C11H21NO8/c1-5(2)7(10(17)18)12(19)11(4-14)9(16)8(15)6(3-13)20-11/h5-9,12-16H,3-4H2,1-2H3,(H,17,18)/t6-,7+,8-,9+,11+/m1/s1. The predicted octanol–water partition coefficient (Wildman–Crippen LogP) is -3.72. The Kier molecular flexibility index (Phi) is 5.44. The maximum atomic E-state index is 12.4. The zero-order valence-electron chi connectivity index (χ0n) is 11.3. The number of aliphatic carboxylic acids is 1. The summed E-state index contributed by atoms with van der Waals surface area (Å²) < 4.78 is 5.10. The quantitative estimate of drug-likeness (QED) is 0.273. The molecule has 0 aromatic heterocycles. The molecule has 0 spiro atoms. The molecule has 0 bridgehead atoms. The first-order chi connectivity index (χ1) is 9.22. The lowest BCUT2D eigenvalue weighted by Gasteiger charge is -2.44. The summed E-state index contributed by atoms with van der Waals surface area (Å²) in [5.74, 6) is -2.00. The molecule has 0 aromatic carbocycles. The van der Waals surface area contributed by atoms with Crippen LogP contribution in [0.4, 0.5) is 0 Å². The van der Waals surface area contributed by atoms with Gasteiger partial charge in [-0.05, 0) is 0 Å². The molecule has 1 rings (SSSR count). The molecule has 1 fully saturated rings. The van der Waals surface area contributed by atoms with Gasteiger partial charge in [0.25, 0.3) is 5.72 Å². The third-order valence-corrected chi connectivity index (χ3v) is 3.59. The molecule has 9 nitrogen and oxygen atoms in total. The minimum Gasteiger partial charge on any atom is -0.631 e. The van der Waals surface area contributed by atoms with Gasteiger partial charge in [0, 0.05) is 5.92 Å². The lowest BCUT2D eigenvalue weighted by atomic mass is 9.97. The van der Waals surface area contributed by atoms with Gasteiger partial charge in [0.15, 0.2) is 12.1 Å². The molecule has 6 N–H and O–H groups in total. The van der Waals surface area contributed by atoms with Gasteiger partial charge < -0.3 is 40.5 Å². The van der Waals surface area contributed by atoms with Crippen molar-refractivity contribution in [3.05, 3.63) is 5.21 Å². The van der Waals surface area contributed by atoms with Gasteiger partial charge in [-0.1, -0.05) is 13.8 Å². The Morgan fingerprint density at radius 2 is 1.95 bits per heavy atom. The highest BCUT2D eigenvalue weighted by Crippen LogP contribution is 2.27. The smallest absolute Gasteiger partial charge is 0.363 e. The van der Waals surface area contributed by atoms with Crippen LogP contribution in [0.1, 0.15) is 13.8 Å². The number of aliphatic hydroxyl groups excluding tert-OH is 4. The molecule has 0 aliphatic carbocycles. The molecule has 0 aromatic rings. The number of hydroxylamine groups is 2. The Morgan fingerprint density at radius 3 is 2.25 bits per heavy atom. The minimum absolute atomic E-state index is 0.593. The van der Waals surface area contributed by atoms with Crippen molar-refractivity contribution >= 4 is 5.97 Å². The van der Waals surface area contributed by atoms with Crippen LogP contribution in [0.5, 0.6) is 0 Å². The number of carboxylic acid groups (broad SMARTS) is 1. The number of carboxylic acids is 1. The van der Waals surface area contributed by atoms with Crippen molar-refractivity contribution in [2.24, 2.45) is 5.92 Å². The van der Waals surface area contributed by atoms with E-state index in [-0.39, 0.29) is 0 Å². The van der Waals surface area contributed by atoms with E-state index in [2.05, 4.69) is 0 Å². The van der Waals surface area contributed by atoms with Gasteiger partial charge in [0.05, 0.1) is 6.61 Å². The fourth-order valence-corrected chi connectivity index (χ4v) is 2.41. The van der Waals surface area contributed by atoms with Crippen LogP contribution in [0.3, 0.4) is 0 Å². The van der Waals surface area contributed by atoms with E-state index in [1.165, 1.54) is 13.8 Å². The molecule has 1 aliphatic heterocycles. The average Bonchev–Trinajstić information content (AvgIpc) is 2.62. The number of aliphatic hydroxyl groups is 4. The van der Waals surface area contributed by atoms with Crippen LogP contribution < -0.4 is 5.06 Å². The van der Waals surface area contributed by atoms with Crippen LogP contribution in [0.15, 0.2) is 0 Å². The monoisotopic (exact) mass is 295 g/mol. The summed E-state index contributed by atoms with van der Waals surface area (Å²) in [6.45, 7) is 1.34. The topological polar surface area (TPSA) is 155 Å². The first-order valence-corrected chi connectivity index (χ1v) is 6.25. The van der Waals surface area contributed by atoms with Gasteiger partial charge in [-0.3, -0.25) is 0 Å². The van der Waals surface area contributed by atoms with E-state index in [1.54, 1.807) is 0 Å². The number of nitrogens with one attached hydrogen (secondary N) is 1. The summed E-state index contributed by atoms with van der Waals surface area (Å²) in [5, 5.41) is 58.5. The van der Waals surface area contributed by atoms with E-state index in [9.17, 15) is 25.3 Å². The van der Waals surface area contributed by atoms with Crippen LogP contribution in [0.25, 0.3) is 0 Å². The summed E-state index contributed by atoms with van der Waals surface area (Å²) in [6, 6.07) is -1.50. The van der Waals surface area contributed by atoms with Gasteiger partial charge in [-0.25, -0.2) is 4.79 Å². The zero-order chi connectivity index (χ0) is 15.7. The van der Waals surface area contributed by atoms with E-state index in [4.69, 9.17) is 14.9 Å². The second-order valence-corrected chi connectivity index (χ2v) is 5.25. The molecule has 0 saturated carbocycles. The van der Waals surface area contributed by atoms with E-state index in [0.29, 0.717) is 0 Å². The lowest BCUT2D eigenvalue weighted by molar-refractivity contribution is -0.956. The summed E-state index contributed by atoms with van der Waals surface area (Å²) in [4.78, 5) is 11.2. The highest BCUT2D eigenvalue weighted by Gasteiger charge is 2.61.